The zero-order valence-electron chi connectivity index (χ0n) is 8.83. The first-order valence-electron chi connectivity index (χ1n) is 5.79. The van der Waals surface area contributed by atoms with Crippen LogP contribution in [-0.4, -0.2) is 17.3 Å². The third-order valence-corrected chi connectivity index (χ3v) is 3.53. The Hall–Kier alpha value is -0.990. The maximum Gasteiger partial charge on any atom is 0.153 e. The average molecular weight is 208 g/mol. The van der Waals surface area contributed by atoms with E-state index in [2.05, 4.69) is 0 Å². The monoisotopic (exact) mass is 208 g/mol. The van der Waals surface area contributed by atoms with Gasteiger partial charge < -0.3 is 0 Å². The molecule has 0 aliphatic heterocycles. The lowest BCUT2D eigenvalue weighted by Gasteiger charge is -2.20. The van der Waals surface area contributed by atoms with Gasteiger partial charge in [-0.25, -0.2) is 0 Å². The Balaban J connectivity index is 2.09. The molecule has 0 saturated heterocycles. The molecule has 3 nitrogen and oxygen atoms in total. The number of carbonyl (C=O) groups excluding carboxylic acids is 3. The van der Waals surface area contributed by atoms with Gasteiger partial charge in [-0.2, -0.15) is 0 Å². The summed E-state index contributed by atoms with van der Waals surface area (Å²) in [7, 11) is 0. The van der Waals surface area contributed by atoms with Crippen molar-refractivity contribution in [1.29, 1.82) is 0 Å². The summed E-state index contributed by atoms with van der Waals surface area (Å²) in [6.07, 6.45) is 5.32. The number of carbonyl (C=O) groups is 3. The Bertz CT molecular complexity index is 284. The second kappa shape index (κ2) is 4.25. The molecule has 0 unspecified atom stereocenters. The van der Waals surface area contributed by atoms with Gasteiger partial charge in [-0.15, -0.1) is 0 Å². The summed E-state index contributed by atoms with van der Waals surface area (Å²) in [4.78, 5) is 35.1. The van der Waals surface area contributed by atoms with E-state index in [0.29, 0.717) is 19.3 Å². The van der Waals surface area contributed by atoms with Crippen LogP contribution in [0, 0.1) is 11.8 Å². The van der Waals surface area contributed by atoms with E-state index in [4.69, 9.17) is 0 Å². The van der Waals surface area contributed by atoms with E-state index in [1.807, 2.05) is 0 Å². The molecule has 0 bridgehead atoms. The molecule has 3 heteroatoms. The molecule has 0 atom stereocenters. The van der Waals surface area contributed by atoms with Gasteiger partial charge in [0.1, 0.15) is 5.92 Å². The van der Waals surface area contributed by atoms with Gasteiger partial charge in [-0.3, -0.25) is 14.4 Å². The van der Waals surface area contributed by atoms with E-state index in [0.717, 1.165) is 25.7 Å². The molecule has 2 rings (SSSR count). The van der Waals surface area contributed by atoms with Crippen LogP contribution in [0.1, 0.15) is 44.9 Å². The summed E-state index contributed by atoms with van der Waals surface area (Å²) in [6, 6.07) is 0. The van der Waals surface area contributed by atoms with Gasteiger partial charge in [0.15, 0.2) is 17.3 Å². The van der Waals surface area contributed by atoms with Gasteiger partial charge in [0.05, 0.1) is 0 Å². The van der Waals surface area contributed by atoms with Crippen molar-refractivity contribution in [1.82, 2.24) is 0 Å². The Labute approximate surface area is 89.2 Å². The number of Topliss-reactive ketones (excluding diaryl/α,β-unsaturated/α-hetero) is 3. The topological polar surface area (TPSA) is 51.2 Å². The summed E-state index contributed by atoms with van der Waals surface area (Å²) in [5, 5.41) is 0. The Morgan fingerprint density at radius 2 is 1.47 bits per heavy atom. The molecule has 2 aliphatic carbocycles. The van der Waals surface area contributed by atoms with Crippen molar-refractivity contribution in [3.8, 4) is 0 Å². The standard InChI is InChI=1S/C12H16O3/c13-9-6-3-7-10(14)11(9)12(15)8-4-1-2-5-8/h8,11H,1-7H2. The smallest absolute Gasteiger partial charge is 0.153 e. The van der Waals surface area contributed by atoms with E-state index in [1.54, 1.807) is 0 Å². The minimum absolute atomic E-state index is 0.0130. The number of ketones is 3. The highest BCUT2D eigenvalue weighted by Crippen LogP contribution is 2.30. The summed E-state index contributed by atoms with van der Waals surface area (Å²) in [5.74, 6) is -1.25. The molecule has 0 radical (unpaired) electrons. The van der Waals surface area contributed by atoms with Crippen molar-refractivity contribution in [2.24, 2.45) is 11.8 Å². The Kier molecular flexibility index (Phi) is 2.98. The van der Waals surface area contributed by atoms with E-state index >= 15 is 0 Å². The molecule has 2 fully saturated rings. The van der Waals surface area contributed by atoms with Crippen molar-refractivity contribution in [3.63, 3.8) is 0 Å². The van der Waals surface area contributed by atoms with Crippen LogP contribution in [-0.2, 0) is 14.4 Å². The fraction of sp³-hybridized carbons (Fsp3) is 0.750. The predicted molar refractivity (Wildman–Crippen MR) is 54.3 cm³/mol. The Morgan fingerprint density at radius 3 is 2.00 bits per heavy atom. The Morgan fingerprint density at radius 1 is 0.933 bits per heavy atom. The number of hydrogen-bond acceptors (Lipinski definition) is 3. The SMILES string of the molecule is O=C1CCCC(=O)C1C(=O)C1CCCC1. The van der Waals surface area contributed by atoms with Crippen molar-refractivity contribution in [3.05, 3.63) is 0 Å². The first-order valence-corrected chi connectivity index (χ1v) is 5.79. The molecule has 0 heterocycles. The van der Waals surface area contributed by atoms with Crippen LogP contribution >= 0.6 is 0 Å². The summed E-state index contributed by atoms with van der Waals surface area (Å²) >= 11 is 0. The van der Waals surface area contributed by atoms with Crippen LogP contribution in [0.3, 0.4) is 0 Å². The van der Waals surface area contributed by atoms with Crippen LogP contribution in [0.2, 0.25) is 0 Å². The summed E-state index contributed by atoms with van der Waals surface area (Å²) < 4.78 is 0. The van der Waals surface area contributed by atoms with E-state index in [-0.39, 0.29) is 23.3 Å². The minimum atomic E-state index is -0.887. The van der Waals surface area contributed by atoms with Crippen molar-refractivity contribution in [2.75, 3.05) is 0 Å². The molecule has 2 saturated carbocycles. The third-order valence-electron chi connectivity index (χ3n) is 3.53. The van der Waals surface area contributed by atoms with Crippen molar-refractivity contribution < 1.29 is 14.4 Å². The van der Waals surface area contributed by atoms with Crippen molar-refractivity contribution >= 4 is 17.3 Å². The second-order valence-corrected chi connectivity index (χ2v) is 4.60. The van der Waals surface area contributed by atoms with Gasteiger partial charge in [0.2, 0.25) is 0 Å². The summed E-state index contributed by atoms with van der Waals surface area (Å²) in [6.45, 7) is 0. The second-order valence-electron chi connectivity index (χ2n) is 4.60. The highest BCUT2D eigenvalue weighted by atomic mass is 16.2. The molecule has 2 aliphatic rings. The van der Waals surface area contributed by atoms with Crippen LogP contribution < -0.4 is 0 Å². The third kappa shape index (κ3) is 2.01. The lowest BCUT2D eigenvalue weighted by molar-refractivity contribution is -0.143. The normalized spacial score (nSPS) is 24.8. The van der Waals surface area contributed by atoms with Crippen LogP contribution in [0.25, 0.3) is 0 Å². The van der Waals surface area contributed by atoms with Crippen molar-refractivity contribution in [2.45, 2.75) is 44.9 Å². The summed E-state index contributed by atoms with van der Waals surface area (Å²) in [5.41, 5.74) is 0. The van der Waals surface area contributed by atoms with E-state index in [1.165, 1.54) is 0 Å². The fourth-order valence-electron chi connectivity index (χ4n) is 2.67. The quantitative estimate of drug-likeness (QED) is 0.649. The van der Waals surface area contributed by atoms with Gasteiger partial charge in [-0.05, 0) is 19.3 Å². The molecule has 0 aromatic rings. The van der Waals surface area contributed by atoms with Gasteiger partial charge in [0, 0.05) is 18.8 Å². The van der Waals surface area contributed by atoms with Crippen LogP contribution in [0.4, 0.5) is 0 Å². The molecule has 0 spiro atoms. The average Bonchev–Trinajstić information content (AvgIpc) is 2.69. The van der Waals surface area contributed by atoms with Crippen LogP contribution in [0.5, 0.6) is 0 Å². The highest BCUT2D eigenvalue weighted by molar-refractivity contribution is 6.21. The van der Waals surface area contributed by atoms with Gasteiger partial charge >= 0.3 is 0 Å². The highest BCUT2D eigenvalue weighted by Gasteiger charge is 2.39. The lowest BCUT2D eigenvalue weighted by atomic mass is 9.79. The fourth-order valence-corrected chi connectivity index (χ4v) is 2.67. The van der Waals surface area contributed by atoms with Gasteiger partial charge in [0.25, 0.3) is 0 Å². The first-order chi connectivity index (χ1) is 7.20. The lowest BCUT2D eigenvalue weighted by Crippen LogP contribution is -2.38. The van der Waals surface area contributed by atoms with Crippen LogP contribution in [0.15, 0.2) is 0 Å². The molecule has 15 heavy (non-hydrogen) atoms. The zero-order chi connectivity index (χ0) is 10.8. The number of hydrogen-bond donors (Lipinski definition) is 0. The van der Waals surface area contributed by atoms with E-state index < -0.39 is 5.92 Å². The minimum Gasteiger partial charge on any atom is -0.298 e. The largest absolute Gasteiger partial charge is 0.298 e. The zero-order valence-corrected chi connectivity index (χ0v) is 8.83. The molecule has 0 amide bonds. The molecule has 0 aromatic carbocycles. The molecule has 82 valence electrons. The molecular weight excluding hydrogens is 192 g/mol. The molecular formula is C12H16O3. The van der Waals surface area contributed by atoms with E-state index in [9.17, 15) is 14.4 Å². The number of rotatable bonds is 2. The van der Waals surface area contributed by atoms with Gasteiger partial charge in [-0.1, -0.05) is 12.8 Å². The first kappa shape index (κ1) is 10.5. The molecule has 0 N–H and O–H groups in total. The maximum absolute atomic E-state index is 12.0. The molecule has 0 aromatic heterocycles. The predicted octanol–water partition coefficient (Wildman–Crippen LogP) is 1.68. The maximum atomic E-state index is 12.0.